The van der Waals surface area contributed by atoms with Gasteiger partial charge in [-0.2, -0.15) is 4.98 Å². The van der Waals surface area contributed by atoms with Gasteiger partial charge < -0.3 is 14.7 Å². The number of aromatic nitrogens is 4. The lowest BCUT2D eigenvalue weighted by Crippen LogP contribution is -2.45. The molecule has 2 aromatic heterocycles. The van der Waals surface area contributed by atoms with Crippen LogP contribution in [0.2, 0.25) is 0 Å². The fraction of sp³-hybridized carbons (Fsp3) is 0.381. The predicted octanol–water partition coefficient (Wildman–Crippen LogP) is 2.97. The third kappa shape index (κ3) is 3.83. The molecule has 2 fully saturated rings. The number of likely N-dealkylation sites (tertiary alicyclic amines) is 1. The smallest absolute Gasteiger partial charge is 0.317 e. The number of nitrogens with zero attached hydrogens (tertiary/aromatic N) is 5. The zero-order chi connectivity index (χ0) is 19.6. The minimum absolute atomic E-state index is 0.0239. The fourth-order valence-corrected chi connectivity index (χ4v) is 3.91. The molecular formula is C21H22N6O2. The van der Waals surface area contributed by atoms with Gasteiger partial charge in [-0.1, -0.05) is 35.5 Å². The van der Waals surface area contributed by atoms with E-state index >= 15 is 0 Å². The summed E-state index contributed by atoms with van der Waals surface area (Å²) in [6, 6.07) is 12.4. The molecule has 1 saturated heterocycles. The number of carbonyl (C=O) groups excluding carboxylic acids is 1. The van der Waals surface area contributed by atoms with Crippen molar-refractivity contribution in [1.82, 2.24) is 30.3 Å². The van der Waals surface area contributed by atoms with Gasteiger partial charge in [0.05, 0.1) is 0 Å². The maximum absolute atomic E-state index is 12.6. The van der Waals surface area contributed by atoms with Crippen LogP contribution in [0.1, 0.15) is 42.6 Å². The molecule has 29 heavy (non-hydrogen) atoms. The highest BCUT2D eigenvalue weighted by Crippen LogP contribution is 2.40. The van der Waals surface area contributed by atoms with Gasteiger partial charge in [-0.05, 0) is 30.9 Å². The van der Waals surface area contributed by atoms with Gasteiger partial charge >= 0.3 is 6.03 Å². The second kappa shape index (κ2) is 7.62. The number of carbonyl (C=O) groups is 1. The Hall–Kier alpha value is -3.29. The summed E-state index contributed by atoms with van der Waals surface area (Å²) in [5, 5.41) is 7.17. The van der Waals surface area contributed by atoms with Gasteiger partial charge in [0.15, 0.2) is 0 Å². The van der Waals surface area contributed by atoms with E-state index in [0.717, 1.165) is 19.3 Å². The summed E-state index contributed by atoms with van der Waals surface area (Å²) >= 11 is 0. The molecule has 0 spiro atoms. The quantitative estimate of drug-likeness (QED) is 0.736. The van der Waals surface area contributed by atoms with Gasteiger partial charge in [0.1, 0.15) is 0 Å². The van der Waals surface area contributed by atoms with Crippen LogP contribution in [0.15, 0.2) is 53.3 Å². The Bertz CT molecular complexity index is 969. The molecule has 148 valence electrons. The largest absolute Gasteiger partial charge is 0.339 e. The summed E-state index contributed by atoms with van der Waals surface area (Å²) < 4.78 is 5.43. The third-order valence-corrected chi connectivity index (χ3v) is 5.67. The Balaban J connectivity index is 1.13. The maximum atomic E-state index is 12.6. The monoisotopic (exact) mass is 390 g/mol. The molecule has 2 amide bonds. The molecule has 1 aromatic carbocycles. The van der Waals surface area contributed by atoms with Crippen LogP contribution in [0, 0.1) is 0 Å². The topological polar surface area (TPSA) is 97.0 Å². The molecule has 3 heterocycles. The zero-order valence-electron chi connectivity index (χ0n) is 15.9. The molecule has 0 unspecified atom stereocenters. The first-order chi connectivity index (χ1) is 14.3. The van der Waals surface area contributed by atoms with E-state index in [1.807, 2.05) is 23.1 Å². The Morgan fingerprint density at radius 2 is 1.79 bits per heavy atom. The molecule has 0 radical (unpaired) electrons. The molecule has 1 N–H and O–H groups in total. The van der Waals surface area contributed by atoms with E-state index in [1.165, 1.54) is 5.56 Å². The lowest BCUT2D eigenvalue weighted by atomic mass is 9.97. The Morgan fingerprint density at radius 1 is 1.03 bits per heavy atom. The molecule has 1 aliphatic heterocycles. The van der Waals surface area contributed by atoms with Crippen LogP contribution in [0.3, 0.4) is 0 Å². The lowest BCUT2D eigenvalue weighted by Gasteiger charge is -2.30. The van der Waals surface area contributed by atoms with Crippen molar-refractivity contribution in [2.24, 2.45) is 0 Å². The number of urea groups is 1. The van der Waals surface area contributed by atoms with E-state index in [0.29, 0.717) is 36.5 Å². The molecule has 5 rings (SSSR count). The molecule has 0 bridgehead atoms. The second-order valence-electron chi connectivity index (χ2n) is 7.60. The van der Waals surface area contributed by atoms with Gasteiger partial charge in [0.25, 0.3) is 0 Å². The van der Waals surface area contributed by atoms with E-state index in [-0.39, 0.29) is 18.0 Å². The first-order valence-electron chi connectivity index (χ1n) is 9.99. The summed E-state index contributed by atoms with van der Waals surface area (Å²) in [6.07, 6.45) is 5.92. The van der Waals surface area contributed by atoms with Crippen LogP contribution in [0.25, 0.3) is 11.6 Å². The van der Waals surface area contributed by atoms with Crippen LogP contribution >= 0.6 is 0 Å². The normalized spacial score (nSPS) is 21.7. The summed E-state index contributed by atoms with van der Waals surface area (Å²) in [5.74, 6) is 2.05. The van der Waals surface area contributed by atoms with Crippen molar-refractivity contribution in [1.29, 1.82) is 0 Å². The van der Waals surface area contributed by atoms with Crippen LogP contribution in [0.4, 0.5) is 4.79 Å². The molecule has 3 aromatic rings. The summed E-state index contributed by atoms with van der Waals surface area (Å²) in [4.78, 5) is 27.2. The predicted molar refractivity (Wildman–Crippen MR) is 105 cm³/mol. The van der Waals surface area contributed by atoms with Gasteiger partial charge in [-0.25, -0.2) is 14.8 Å². The third-order valence-electron chi connectivity index (χ3n) is 5.67. The van der Waals surface area contributed by atoms with Gasteiger partial charge in [0, 0.05) is 43.4 Å². The highest BCUT2D eigenvalue weighted by molar-refractivity contribution is 5.75. The molecule has 1 saturated carbocycles. The molecule has 8 nitrogen and oxygen atoms in total. The van der Waals surface area contributed by atoms with Crippen molar-refractivity contribution in [3.05, 3.63) is 60.2 Å². The number of amides is 2. The van der Waals surface area contributed by atoms with Gasteiger partial charge in [-0.15, -0.1) is 0 Å². The molecular weight excluding hydrogens is 368 g/mol. The van der Waals surface area contributed by atoms with Crippen LogP contribution in [-0.2, 0) is 0 Å². The van der Waals surface area contributed by atoms with Crippen molar-refractivity contribution < 1.29 is 9.32 Å². The number of piperidine rings is 1. The number of benzene rings is 1. The lowest BCUT2D eigenvalue weighted by molar-refractivity contribution is 0.174. The Morgan fingerprint density at radius 3 is 2.55 bits per heavy atom. The van der Waals surface area contributed by atoms with Crippen LogP contribution in [-0.4, -0.2) is 50.2 Å². The SMILES string of the molecule is O=C(N[C@@H]1C[C@H]1c1ccccc1)N1CCC(c2nc(-c3ncccn3)no2)CC1. The van der Waals surface area contributed by atoms with E-state index in [2.05, 4.69) is 37.6 Å². The maximum Gasteiger partial charge on any atom is 0.317 e. The van der Waals surface area contributed by atoms with Crippen LogP contribution < -0.4 is 5.32 Å². The minimum atomic E-state index is 0.0239. The Kier molecular flexibility index (Phi) is 4.67. The zero-order valence-corrected chi connectivity index (χ0v) is 15.9. The van der Waals surface area contributed by atoms with Crippen molar-refractivity contribution in [2.75, 3.05) is 13.1 Å². The fourth-order valence-electron chi connectivity index (χ4n) is 3.91. The minimum Gasteiger partial charge on any atom is -0.339 e. The number of rotatable bonds is 4. The second-order valence-corrected chi connectivity index (χ2v) is 7.60. The first-order valence-corrected chi connectivity index (χ1v) is 9.99. The Labute approximate surface area is 168 Å². The standard InChI is InChI=1S/C21H22N6O2/c28-21(24-17-13-16(17)14-5-2-1-3-6-14)27-11-7-15(8-12-27)20-25-19(26-29-20)18-22-9-4-10-23-18/h1-6,9-10,15-17H,7-8,11-13H2,(H,24,28)/t16-,17+/m0/s1. The van der Waals surface area contributed by atoms with Crippen LogP contribution in [0.5, 0.6) is 0 Å². The molecule has 8 heteroatoms. The van der Waals surface area contributed by atoms with Gasteiger partial charge in [0.2, 0.25) is 17.5 Å². The van der Waals surface area contributed by atoms with Gasteiger partial charge in [-0.3, -0.25) is 0 Å². The van der Waals surface area contributed by atoms with E-state index in [1.54, 1.807) is 18.5 Å². The summed E-state index contributed by atoms with van der Waals surface area (Å²) in [7, 11) is 0. The molecule has 2 atom stereocenters. The van der Waals surface area contributed by atoms with E-state index in [4.69, 9.17) is 4.52 Å². The summed E-state index contributed by atoms with van der Waals surface area (Å²) in [5.41, 5.74) is 1.30. The number of hydrogen-bond acceptors (Lipinski definition) is 6. The highest BCUT2D eigenvalue weighted by Gasteiger charge is 2.40. The first kappa shape index (κ1) is 17.8. The molecule has 2 aliphatic rings. The average molecular weight is 390 g/mol. The van der Waals surface area contributed by atoms with E-state index in [9.17, 15) is 4.79 Å². The average Bonchev–Trinajstić information content (AvgIpc) is 3.37. The highest BCUT2D eigenvalue weighted by atomic mass is 16.5. The van der Waals surface area contributed by atoms with Crippen molar-refractivity contribution >= 4 is 6.03 Å². The summed E-state index contributed by atoms with van der Waals surface area (Å²) in [6.45, 7) is 1.36. The van der Waals surface area contributed by atoms with Crippen molar-refractivity contribution in [3.8, 4) is 11.6 Å². The van der Waals surface area contributed by atoms with Crippen molar-refractivity contribution in [2.45, 2.75) is 37.1 Å². The number of nitrogens with one attached hydrogen (secondary N) is 1. The number of hydrogen-bond donors (Lipinski definition) is 1. The van der Waals surface area contributed by atoms with Crippen molar-refractivity contribution in [3.63, 3.8) is 0 Å². The van der Waals surface area contributed by atoms with E-state index < -0.39 is 0 Å². The molecule has 1 aliphatic carbocycles.